The van der Waals surface area contributed by atoms with E-state index < -0.39 is 0 Å². The fourth-order valence-electron chi connectivity index (χ4n) is 3.55. The second-order valence-electron chi connectivity index (χ2n) is 6.75. The van der Waals surface area contributed by atoms with Crippen LogP contribution in [0.25, 0.3) is 0 Å². The molecule has 2 saturated heterocycles. The molecule has 2 aliphatic rings. The molecule has 0 bridgehead atoms. The Labute approximate surface area is 152 Å². The minimum absolute atomic E-state index is 0.00472. The lowest BCUT2D eigenvalue weighted by molar-refractivity contribution is 0.0746. The smallest absolute Gasteiger partial charge is 0.253 e. The molecule has 4 rings (SSSR count). The van der Waals surface area contributed by atoms with E-state index in [1.807, 2.05) is 4.90 Å². The maximum atomic E-state index is 12.6. The highest BCUT2D eigenvalue weighted by atomic mass is 16.3. The van der Waals surface area contributed by atoms with E-state index in [9.17, 15) is 9.90 Å². The molecule has 2 aromatic rings. The monoisotopic (exact) mass is 353 g/mol. The highest BCUT2D eigenvalue weighted by Gasteiger charge is 2.23. The van der Waals surface area contributed by atoms with Crippen LogP contribution in [0.5, 0.6) is 5.75 Å². The number of nitrogens with zero attached hydrogens (tertiary/aromatic N) is 5. The van der Waals surface area contributed by atoms with E-state index in [2.05, 4.69) is 25.8 Å². The first kappa shape index (κ1) is 16.6. The summed E-state index contributed by atoms with van der Waals surface area (Å²) in [5.74, 6) is 2.10. The van der Waals surface area contributed by atoms with Crippen LogP contribution in [0.4, 0.5) is 11.6 Å². The van der Waals surface area contributed by atoms with Crippen molar-refractivity contribution in [1.82, 2.24) is 14.9 Å². The summed E-state index contributed by atoms with van der Waals surface area (Å²) in [7, 11) is 0. The van der Waals surface area contributed by atoms with Crippen LogP contribution in [0.15, 0.2) is 36.7 Å². The molecule has 2 fully saturated rings. The van der Waals surface area contributed by atoms with Crippen LogP contribution in [-0.4, -0.2) is 65.2 Å². The van der Waals surface area contributed by atoms with Crippen LogP contribution in [0.2, 0.25) is 0 Å². The second-order valence-corrected chi connectivity index (χ2v) is 6.75. The number of benzene rings is 1. The fraction of sp³-hybridized carbons (Fsp3) is 0.421. The fourth-order valence-corrected chi connectivity index (χ4v) is 3.55. The van der Waals surface area contributed by atoms with Gasteiger partial charge in [0, 0.05) is 50.9 Å². The summed E-state index contributed by atoms with van der Waals surface area (Å²) in [4.78, 5) is 27.8. The van der Waals surface area contributed by atoms with Crippen LogP contribution in [0, 0.1) is 0 Å². The highest BCUT2D eigenvalue weighted by molar-refractivity contribution is 5.94. The zero-order chi connectivity index (χ0) is 17.9. The number of carbonyl (C=O) groups is 1. The Morgan fingerprint density at radius 1 is 0.846 bits per heavy atom. The number of piperazine rings is 1. The molecule has 1 N–H and O–H groups in total. The number of phenolic OH excluding ortho intramolecular Hbond substituents is 1. The summed E-state index contributed by atoms with van der Waals surface area (Å²) in [6.07, 6.45) is 4.08. The highest BCUT2D eigenvalue weighted by Crippen LogP contribution is 2.22. The van der Waals surface area contributed by atoms with Gasteiger partial charge in [0.05, 0.1) is 0 Å². The Bertz CT molecular complexity index is 766. The molecule has 1 aromatic carbocycles. The van der Waals surface area contributed by atoms with Crippen LogP contribution >= 0.6 is 0 Å². The van der Waals surface area contributed by atoms with Gasteiger partial charge in [-0.3, -0.25) is 4.79 Å². The molecule has 1 amide bonds. The minimum Gasteiger partial charge on any atom is -0.508 e. The SMILES string of the molecule is O=C(c1ccc(O)cc1)N1CCN(c2cc(N3CCCC3)ncn2)CC1. The van der Waals surface area contributed by atoms with E-state index in [-0.39, 0.29) is 11.7 Å². The number of carbonyl (C=O) groups excluding carboxylic acids is 1. The average molecular weight is 353 g/mol. The summed E-state index contributed by atoms with van der Waals surface area (Å²) in [6, 6.07) is 8.48. The third kappa shape index (κ3) is 3.42. The Balaban J connectivity index is 1.39. The van der Waals surface area contributed by atoms with E-state index in [0.717, 1.165) is 37.8 Å². The Morgan fingerprint density at radius 2 is 1.42 bits per heavy atom. The van der Waals surface area contributed by atoms with Crippen molar-refractivity contribution in [2.24, 2.45) is 0 Å². The number of anilines is 2. The number of hydrogen-bond donors (Lipinski definition) is 1. The summed E-state index contributed by atoms with van der Waals surface area (Å²) >= 11 is 0. The van der Waals surface area contributed by atoms with Gasteiger partial charge in [0.1, 0.15) is 23.7 Å². The van der Waals surface area contributed by atoms with E-state index in [1.165, 1.54) is 12.8 Å². The number of aromatic hydroxyl groups is 1. The molecule has 0 unspecified atom stereocenters. The lowest BCUT2D eigenvalue weighted by Gasteiger charge is -2.35. The topological polar surface area (TPSA) is 72.8 Å². The molecule has 1 aromatic heterocycles. The maximum Gasteiger partial charge on any atom is 0.253 e. The lowest BCUT2D eigenvalue weighted by Crippen LogP contribution is -2.49. The minimum atomic E-state index is 0.00472. The standard InChI is InChI=1S/C19H23N5O2/c25-16-5-3-15(4-6-16)19(26)24-11-9-23(10-12-24)18-13-17(20-14-21-18)22-7-1-2-8-22/h3-6,13-14,25H,1-2,7-12H2. The quantitative estimate of drug-likeness (QED) is 0.906. The van der Waals surface area contributed by atoms with Gasteiger partial charge in [0.2, 0.25) is 0 Å². The third-order valence-electron chi connectivity index (χ3n) is 5.07. The van der Waals surface area contributed by atoms with Gasteiger partial charge in [-0.2, -0.15) is 0 Å². The maximum absolute atomic E-state index is 12.6. The summed E-state index contributed by atoms with van der Waals surface area (Å²) in [5, 5.41) is 9.36. The van der Waals surface area contributed by atoms with Crippen molar-refractivity contribution in [2.45, 2.75) is 12.8 Å². The van der Waals surface area contributed by atoms with Gasteiger partial charge in [-0.25, -0.2) is 9.97 Å². The molecular weight excluding hydrogens is 330 g/mol. The van der Waals surface area contributed by atoms with Gasteiger partial charge >= 0.3 is 0 Å². The first-order chi connectivity index (χ1) is 12.7. The van der Waals surface area contributed by atoms with Crippen LogP contribution in [-0.2, 0) is 0 Å². The molecular formula is C19H23N5O2. The number of aromatic nitrogens is 2. The van der Waals surface area contributed by atoms with Crippen molar-refractivity contribution in [2.75, 3.05) is 49.1 Å². The molecule has 0 spiro atoms. The number of phenols is 1. The average Bonchev–Trinajstić information content (AvgIpc) is 3.23. The van der Waals surface area contributed by atoms with Crippen molar-refractivity contribution >= 4 is 17.5 Å². The van der Waals surface area contributed by atoms with Gasteiger partial charge in [-0.15, -0.1) is 0 Å². The number of amides is 1. The van der Waals surface area contributed by atoms with E-state index in [0.29, 0.717) is 18.7 Å². The Hall–Kier alpha value is -2.83. The Kier molecular flexibility index (Phi) is 4.60. The van der Waals surface area contributed by atoms with Crippen LogP contribution in [0.3, 0.4) is 0 Å². The molecule has 0 atom stereocenters. The van der Waals surface area contributed by atoms with E-state index >= 15 is 0 Å². The van der Waals surface area contributed by atoms with Crippen molar-refractivity contribution in [3.63, 3.8) is 0 Å². The Morgan fingerprint density at radius 3 is 2.04 bits per heavy atom. The number of hydrogen-bond acceptors (Lipinski definition) is 6. The first-order valence-electron chi connectivity index (χ1n) is 9.11. The van der Waals surface area contributed by atoms with E-state index in [1.54, 1.807) is 30.6 Å². The predicted molar refractivity (Wildman–Crippen MR) is 99.7 cm³/mol. The van der Waals surface area contributed by atoms with Gasteiger partial charge < -0.3 is 19.8 Å². The second kappa shape index (κ2) is 7.19. The molecule has 136 valence electrons. The van der Waals surface area contributed by atoms with E-state index in [4.69, 9.17) is 0 Å². The predicted octanol–water partition coefficient (Wildman–Crippen LogP) is 1.74. The van der Waals surface area contributed by atoms with Crippen molar-refractivity contribution in [3.8, 4) is 5.75 Å². The summed E-state index contributed by atoms with van der Waals surface area (Å²) < 4.78 is 0. The summed E-state index contributed by atoms with van der Waals surface area (Å²) in [6.45, 7) is 4.93. The molecule has 0 radical (unpaired) electrons. The van der Waals surface area contributed by atoms with Crippen molar-refractivity contribution < 1.29 is 9.90 Å². The van der Waals surface area contributed by atoms with Gasteiger partial charge in [0.15, 0.2) is 0 Å². The van der Waals surface area contributed by atoms with Gasteiger partial charge in [-0.05, 0) is 37.1 Å². The van der Waals surface area contributed by atoms with Crippen molar-refractivity contribution in [3.05, 3.63) is 42.2 Å². The lowest BCUT2D eigenvalue weighted by atomic mass is 10.1. The number of rotatable bonds is 3. The molecule has 2 aliphatic heterocycles. The molecule has 26 heavy (non-hydrogen) atoms. The molecule has 3 heterocycles. The zero-order valence-electron chi connectivity index (χ0n) is 14.7. The largest absolute Gasteiger partial charge is 0.508 e. The van der Waals surface area contributed by atoms with Crippen LogP contribution < -0.4 is 9.80 Å². The van der Waals surface area contributed by atoms with Crippen molar-refractivity contribution in [1.29, 1.82) is 0 Å². The van der Waals surface area contributed by atoms with Gasteiger partial charge in [-0.1, -0.05) is 0 Å². The summed E-state index contributed by atoms with van der Waals surface area (Å²) in [5.41, 5.74) is 0.606. The first-order valence-corrected chi connectivity index (χ1v) is 9.11. The zero-order valence-corrected chi connectivity index (χ0v) is 14.7. The normalized spacial score (nSPS) is 17.6. The molecule has 7 heteroatoms. The molecule has 0 saturated carbocycles. The van der Waals surface area contributed by atoms with Crippen LogP contribution in [0.1, 0.15) is 23.2 Å². The third-order valence-corrected chi connectivity index (χ3v) is 5.07. The molecule has 0 aliphatic carbocycles. The molecule has 7 nitrogen and oxygen atoms in total. The van der Waals surface area contributed by atoms with Gasteiger partial charge in [0.25, 0.3) is 5.91 Å².